The lowest BCUT2D eigenvalue weighted by molar-refractivity contribution is -0.0680. The average molecular weight is 450 g/mol. The first-order valence-corrected chi connectivity index (χ1v) is 11.2. The van der Waals surface area contributed by atoms with E-state index in [1.165, 1.54) is 12.1 Å². The molecule has 2 atom stereocenters. The Morgan fingerprint density at radius 1 is 1.15 bits per heavy atom. The number of halogens is 1. The standard InChI is InChI=1S/C26H28FN3O3/c1-18(20-4-6-21(7-5-20)24-12-15-28-19(2)29-24)30-16-14-26(13-3-17-31,33-25(30)32)22-8-10-23(27)11-9-22/h4-12,15,18,31H,3,13-14,16-17H2,1-2H3/t18-,26+/m0/s1. The maximum absolute atomic E-state index is 13.5. The Bertz CT molecular complexity index is 1100. The molecule has 0 aliphatic carbocycles. The first-order chi connectivity index (χ1) is 15.9. The van der Waals surface area contributed by atoms with Gasteiger partial charge in [-0.05, 0) is 56.0 Å². The lowest BCUT2D eigenvalue weighted by Gasteiger charge is -2.43. The quantitative estimate of drug-likeness (QED) is 0.539. The monoisotopic (exact) mass is 449 g/mol. The first-order valence-electron chi connectivity index (χ1n) is 11.2. The highest BCUT2D eigenvalue weighted by Gasteiger charge is 2.43. The number of carbonyl (C=O) groups excluding carboxylic acids is 1. The van der Waals surface area contributed by atoms with Crippen molar-refractivity contribution < 1.29 is 19.0 Å². The summed E-state index contributed by atoms with van der Waals surface area (Å²) in [5.41, 5.74) is 2.72. The van der Waals surface area contributed by atoms with Crippen LogP contribution in [0.3, 0.4) is 0 Å². The van der Waals surface area contributed by atoms with E-state index in [1.807, 2.05) is 44.2 Å². The maximum Gasteiger partial charge on any atom is 0.411 e. The summed E-state index contributed by atoms with van der Waals surface area (Å²) < 4.78 is 19.5. The van der Waals surface area contributed by atoms with Crippen molar-refractivity contribution in [3.05, 3.63) is 83.6 Å². The molecule has 0 saturated carbocycles. The van der Waals surface area contributed by atoms with Crippen molar-refractivity contribution in [3.8, 4) is 11.3 Å². The Labute approximate surface area is 193 Å². The van der Waals surface area contributed by atoms with Crippen LogP contribution in [-0.2, 0) is 10.3 Å². The molecule has 0 radical (unpaired) electrons. The van der Waals surface area contributed by atoms with Crippen LogP contribution in [-0.4, -0.2) is 39.2 Å². The van der Waals surface area contributed by atoms with Gasteiger partial charge in [-0.3, -0.25) is 0 Å². The summed E-state index contributed by atoms with van der Waals surface area (Å²) >= 11 is 0. The van der Waals surface area contributed by atoms with Gasteiger partial charge in [-0.15, -0.1) is 0 Å². The topological polar surface area (TPSA) is 75.6 Å². The molecule has 0 unspecified atom stereocenters. The van der Waals surface area contributed by atoms with Crippen molar-refractivity contribution in [1.29, 1.82) is 0 Å². The van der Waals surface area contributed by atoms with Crippen LogP contribution in [0, 0.1) is 12.7 Å². The fourth-order valence-electron chi connectivity index (χ4n) is 4.39. The number of nitrogens with zero attached hydrogens (tertiary/aromatic N) is 3. The maximum atomic E-state index is 13.5. The number of hydrogen-bond acceptors (Lipinski definition) is 5. The zero-order chi connectivity index (χ0) is 23.4. The van der Waals surface area contributed by atoms with Gasteiger partial charge in [-0.2, -0.15) is 0 Å². The van der Waals surface area contributed by atoms with Gasteiger partial charge >= 0.3 is 6.09 Å². The van der Waals surface area contributed by atoms with E-state index in [9.17, 15) is 14.3 Å². The minimum Gasteiger partial charge on any atom is -0.438 e. The lowest BCUT2D eigenvalue weighted by atomic mass is 9.84. The number of aliphatic hydroxyl groups excluding tert-OH is 1. The summed E-state index contributed by atoms with van der Waals surface area (Å²) in [5.74, 6) is 0.376. The summed E-state index contributed by atoms with van der Waals surface area (Å²) in [4.78, 5) is 23.4. The second kappa shape index (κ2) is 9.67. The van der Waals surface area contributed by atoms with Gasteiger partial charge in [-0.1, -0.05) is 36.4 Å². The Morgan fingerprint density at radius 3 is 2.52 bits per heavy atom. The van der Waals surface area contributed by atoms with Gasteiger partial charge in [0.05, 0.1) is 11.7 Å². The van der Waals surface area contributed by atoms with Gasteiger partial charge in [0.1, 0.15) is 17.2 Å². The van der Waals surface area contributed by atoms with Crippen molar-refractivity contribution in [2.45, 2.75) is 44.8 Å². The lowest BCUT2D eigenvalue weighted by Crippen LogP contribution is -2.48. The van der Waals surface area contributed by atoms with Crippen LogP contribution in [0.2, 0.25) is 0 Å². The van der Waals surface area contributed by atoms with Gasteiger partial charge < -0.3 is 14.7 Å². The first kappa shape index (κ1) is 22.9. The molecule has 0 spiro atoms. The van der Waals surface area contributed by atoms with Crippen LogP contribution >= 0.6 is 0 Å². The van der Waals surface area contributed by atoms with Crippen LogP contribution in [0.4, 0.5) is 9.18 Å². The molecule has 2 aromatic carbocycles. The van der Waals surface area contributed by atoms with Gasteiger partial charge in [0.15, 0.2) is 0 Å². The summed E-state index contributed by atoms with van der Waals surface area (Å²) in [6.45, 7) is 4.33. The highest BCUT2D eigenvalue weighted by atomic mass is 19.1. The Morgan fingerprint density at radius 2 is 1.88 bits per heavy atom. The Kier molecular flexibility index (Phi) is 6.70. The molecule has 0 bridgehead atoms. The highest BCUT2D eigenvalue weighted by molar-refractivity contribution is 5.70. The van der Waals surface area contributed by atoms with Crippen LogP contribution in [0.1, 0.15) is 49.2 Å². The van der Waals surface area contributed by atoms with Crippen molar-refractivity contribution in [3.63, 3.8) is 0 Å². The number of aromatic nitrogens is 2. The number of amides is 1. The number of cyclic esters (lactones) is 1. The third kappa shape index (κ3) is 4.88. The zero-order valence-corrected chi connectivity index (χ0v) is 18.9. The van der Waals surface area contributed by atoms with Crippen LogP contribution in [0.5, 0.6) is 0 Å². The number of aryl methyl sites for hydroxylation is 1. The second-order valence-corrected chi connectivity index (χ2v) is 8.43. The van der Waals surface area contributed by atoms with Gasteiger partial charge in [0.2, 0.25) is 0 Å². The molecular weight excluding hydrogens is 421 g/mol. The third-order valence-electron chi connectivity index (χ3n) is 6.32. The van der Waals surface area contributed by atoms with E-state index in [0.29, 0.717) is 31.6 Å². The molecule has 1 fully saturated rings. The normalized spacial score (nSPS) is 19.3. The Hall–Kier alpha value is -3.32. The second-order valence-electron chi connectivity index (χ2n) is 8.43. The van der Waals surface area contributed by atoms with Gasteiger partial charge in [-0.25, -0.2) is 19.2 Å². The average Bonchev–Trinajstić information content (AvgIpc) is 2.83. The molecule has 3 aromatic rings. The van der Waals surface area contributed by atoms with Crippen LogP contribution in [0.15, 0.2) is 60.8 Å². The molecule has 1 N–H and O–H groups in total. The van der Waals surface area contributed by atoms with Crippen molar-refractivity contribution in [1.82, 2.24) is 14.9 Å². The number of aliphatic hydroxyl groups is 1. The van der Waals surface area contributed by atoms with Gasteiger partial charge in [0.25, 0.3) is 0 Å². The van der Waals surface area contributed by atoms with E-state index in [-0.39, 0.29) is 18.5 Å². The largest absolute Gasteiger partial charge is 0.438 e. The SMILES string of the molecule is Cc1nccc(-c2ccc([C@H](C)N3CC[C@](CCCO)(c4ccc(F)cc4)OC3=O)cc2)n1. The smallest absolute Gasteiger partial charge is 0.411 e. The third-order valence-corrected chi connectivity index (χ3v) is 6.32. The molecule has 1 amide bonds. The van der Waals surface area contributed by atoms with E-state index < -0.39 is 11.7 Å². The van der Waals surface area contributed by atoms with Crippen molar-refractivity contribution in [2.24, 2.45) is 0 Å². The van der Waals surface area contributed by atoms with E-state index >= 15 is 0 Å². The van der Waals surface area contributed by atoms with Crippen LogP contribution in [0.25, 0.3) is 11.3 Å². The molecule has 172 valence electrons. The van der Waals surface area contributed by atoms with Crippen molar-refractivity contribution >= 4 is 6.09 Å². The molecular formula is C26H28FN3O3. The molecule has 7 heteroatoms. The molecule has 4 rings (SSSR count). The Balaban J connectivity index is 1.51. The number of hydrogen-bond donors (Lipinski definition) is 1. The fraction of sp³-hybridized carbons (Fsp3) is 0.346. The summed E-state index contributed by atoms with van der Waals surface area (Å²) in [5, 5.41) is 9.36. The van der Waals surface area contributed by atoms with Gasteiger partial charge in [0, 0.05) is 31.3 Å². The predicted molar refractivity (Wildman–Crippen MR) is 123 cm³/mol. The number of carbonyl (C=O) groups is 1. The molecule has 2 heterocycles. The number of benzene rings is 2. The van der Waals surface area contributed by atoms with E-state index in [0.717, 1.165) is 22.4 Å². The highest BCUT2D eigenvalue weighted by Crippen LogP contribution is 2.40. The summed E-state index contributed by atoms with van der Waals surface area (Å²) in [7, 11) is 0. The molecule has 1 saturated heterocycles. The minimum atomic E-state index is -0.863. The summed E-state index contributed by atoms with van der Waals surface area (Å²) in [6.07, 6.45) is 2.86. The summed E-state index contributed by atoms with van der Waals surface area (Å²) in [6, 6.07) is 15.7. The number of rotatable bonds is 7. The van der Waals surface area contributed by atoms with E-state index in [1.54, 1.807) is 23.2 Å². The molecule has 1 aliphatic rings. The van der Waals surface area contributed by atoms with E-state index in [4.69, 9.17) is 4.74 Å². The molecule has 6 nitrogen and oxygen atoms in total. The zero-order valence-electron chi connectivity index (χ0n) is 18.9. The van der Waals surface area contributed by atoms with Crippen molar-refractivity contribution in [2.75, 3.05) is 13.2 Å². The molecule has 33 heavy (non-hydrogen) atoms. The minimum absolute atomic E-state index is 0.00117. The molecule has 1 aliphatic heterocycles. The predicted octanol–water partition coefficient (Wildman–Crippen LogP) is 5.16. The molecule has 1 aromatic heterocycles. The van der Waals surface area contributed by atoms with E-state index in [2.05, 4.69) is 9.97 Å². The fourth-order valence-corrected chi connectivity index (χ4v) is 4.39. The number of ether oxygens (including phenoxy) is 1. The van der Waals surface area contributed by atoms with Crippen LogP contribution < -0.4 is 0 Å².